The lowest BCUT2D eigenvalue weighted by molar-refractivity contribution is 0.179. The summed E-state index contributed by atoms with van der Waals surface area (Å²) in [5, 5.41) is 8.51. The second-order valence-electron chi connectivity index (χ2n) is 2.54. The SMILES string of the molecule is COc1cc(C(F)CO)ccc1F. The van der Waals surface area contributed by atoms with Crippen LogP contribution < -0.4 is 4.74 Å². The van der Waals surface area contributed by atoms with Gasteiger partial charge in [0.2, 0.25) is 0 Å². The molecule has 0 saturated heterocycles. The van der Waals surface area contributed by atoms with Crippen molar-refractivity contribution in [1.29, 1.82) is 0 Å². The molecule has 1 atom stereocenters. The summed E-state index contributed by atoms with van der Waals surface area (Å²) in [6, 6.07) is 3.62. The highest BCUT2D eigenvalue weighted by Crippen LogP contribution is 2.24. The fourth-order valence-corrected chi connectivity index (χ4v) is 0.977. The molecule has 0 spiro atoms. The zero-order chi connectivity index (χ0) is 9.84. The lowest BCUT2D eigenvalue weighted by Crippen LogP contribution is -1.98. The maximum Gasteiger partial charge on any atom is 0.165 e. The van der Waals surface area contributed by atoms with E-state index in [4.69, 9.17) is 5.11 Å². The molecule has 1 rings (SSSR count). The van der Waals surface area contributed by atoms with Gasteiger partial charge in [-0.2, -0.15) is 0 Å². The molecule has 1 aromatic rings. The smallest absolute Gasteiger partial charge is 0.165 e. The molecular formula is C9H10F2O2. The minimum atomic E-state index is -1.49. The van der Waals surface area contributed by atoms with Crippen LogP contribution in [0.15, 0.2) is 18.2 Å². The molecule has 0 radical (unpaired) electrons. The van der Waals surface area contributed by atoms with Crippen LogP contribution in [-0.4, -0.2) is 18.8 Å². The maximum absolute atomic E-state index is 12.9. The molecule has 1 unspecified atom stereocenters. The van der Waals surface area contributed by atoms with Crippen molar-refractivity contribution >= 4 is 0 Å². The molecule has 4 heteroatoms. The highest BCUT2D eigenvalue weighted by atomic mass is 19.1. The standard InChI is InChI=1S/C9H10F2O2/c1-13-9-4-6(8(11)5-12)2-3-7(9)10/h2-4,8,12H,5H2,1H3. The number of ether oxygens (including phenoxy) is 1. The minimum absolute atomic E-state index is 0.0198. The summed E-state index contributed by atoms with van der Waals surface area (Å²) < 4.78 is 30.4. The Labute approximate surface area is 74.8 Å². The average Bonchev–Trinajstić information content (AvgIpc) is 2.17. The Bertz CT molecular complexity index is 289. The third-order valence-electron chi connectivity index (χ3n) is 1.70. The second-order valence-corrected chi connectivity index (χ2v) is 2.54. The van der Waals surface area contributed by atoms with E-state index in [1.165, 1.54) is 19.2 Å². The molecule has 0 amide bonds. The van der Waals surface area contributed by atoms with Crippen molar-refractivity contribution in [3.8, 4) is 5.75 Å². The Morgan fingerprint density at radius 1 is 1.54 bits per heavy atom. The van der Waals surface area contributed by atoms with Gasteiger partial charge in [0.15, 0.2) is 11.6 Å². The Balaban J connectivity index is 2.99. The van der Waals surface area contributed by atoms with E-state index >= 15 is 0 Å². The number of aliphatic hydroxyl groups excluding tert-OH is 1. The van der Waals surface area contributed by atoms with Crippen molar-refractivity contribution in [3.63, 3.8) is 0 Å². The summed E-state index contributed by atoms with van der Waals surface area (Å²) in [5.41, 5.74) is 0.209. The van der Waals surface area contributed by atoms with E-state index in [1.807, 2.05) is 0 Å². The Morgan fingerprint density at radius 2 is 2.23 bits per heavy atom. The lowest BCUT2D eigenvalue weighted by atomic mass is 10.1. The maximum atomic E-state index is 12.9. The highest BCUT2D eigenvalue weighted by Gasteiger charge is 2.11. The van der Waals surface area contributed by atoms with E-state index < -0.39 is 18.6 Å². The second kappa shape index (κ2) is 4.18. The molecule has 1 N–H and O–H groups in total. The van der Waals surface area contributed by atoms with Crippen molar-refractivity contribution in [2.45, 2.75) is 6.17 Å². The van der Waals surface area contributed by atoms with Crippen molar-refractivity contribution in [3.05, 3.63) is 29.6 Å². The summed E-state index contributed by atoms with van der Waals surface area (Å²) in [6.45, 7) is -0.616. The first-order chi connectivity index (χ1) is 6.19. The van der Waals surface area contributed by atoms with Crippen LogP contribution in [0.1, 0.15) is 11.7 Å². The normalized spacial score (nSPS) is 12.6. The number of rotatable bonds is 3. The third kappa shape index (κ3) is 2.15. The Hall–Kier alpha value is -1.16. The van der Waals surface area contributed by atoms with E-state index in [2.05, 4.69) is 4.74 Å². The Kier molecular flexibility index (Phi) is 3.19. The fourth-order valence-electron chi connectivity index (χ4n) is 0.977. The van der Waals surface area contributed by atoms with E-state index in [9.17, 15) is 8.78 Å². The number of hydrogen-bond donors (Lipinski definition) is 1. The van der Waals surface area contributed by atoms with Gasteiger partial charge >= 0.3 is 0 Å². The van der Waals surface area contributed by atoms with Crippen LogP contribution in [0.5, 0.6) is 5.75 Å². The summed E-state index contributed by atoms with van der Waals surface area (Å²) in [7, 11) is 1.30. The number of benzene rings is 1. The molecule has 0 aromatic heterocycles. The molecule has 72 valence electrons. The summed E-state index contributed by atoms with van der Waals surface area (Å²) in [6.07, 6.45) is -1.49. The zero-order valence-corrected chi connectivity index (χ0v) is 7.13. The van der Waals surface area contributed by atoms with Crippen molar-refractivity contribution < 1.29 is 18.6 Å². The molecule has 0 saturated carbocycles. The first kappa shape index (κ1) is 9.92. The van der Waals surface area contributed by atoms with Crippen LogP contribution >= 0.6 is 0 Å². The van der Waals surface area contributed by atoms with Gasteiger partial charge in [-0.1, -0.05) is 6.07 Å². The summed E-state index contributed by atoms with van der Waals surface area (Å²) in [5.74, 6) is -0.565. The van der Waals surface area contributed by atoms with Crippen LogP contribution in [0.4, 0.5) is 8.78 Å². The summed E-state index contributed by atoms with van der Waals surface area (Å²) >= 11 is 0. The van der Waals surface area contributed by atoms with Crippen molar-refractivity contribution in [2.24, 2.45) is 0 Å². The molecule has 0 aliphatic heterocycles. The van der Waals surface area contributed by atoms with E-state index in [0.717, 1.165) is 6.07 Å². The monoisotopic (exact) mass is 188 g/mol. The highest BCUT2D eigenvalue weighted by molar-refractivity contribution is 5.31. The number of methoxy groups -OCH3 is 1. The molecule has 1 aromatic carbocycles. The first-order valence-electron chi connectivity index (χ1n) is 3.77. The van der Waals surface area contributed by atoms with Gasteiger partial charge in [-0.15, -0.1) is 0 Å². The van der Waals surface area contributed by atoms with E-state index in [-0.39, 0.29) is 11.3 Å². The van der Waals surface area contributed by atoms with Gasteiger partial charge in [-0.3, -0.25) is 0 Å². The molecule has 0 fully saturated rings. The van der Waals surface area contributed by atoms with Gasteiger partial charge < -0.3 is 9.84 Å². The van der Waals surface area contributed by atoms with Gasteiger partial charge in [0, 0.05) is 0 Å². The summed E-state index contributed by atoms with van der Waals surface area (Å²) in [4.78, 5) is 0. The van der Waals surface area contributed by atoms with Crippen molar-refractivity contribution in [1.82, 2.24) is 0 Å². The topological polar surface area (TPSA) is 29.5 Å². The molecule has 0 aliphatic carbocycles. The molecule has 2 nitrogen and oxygen atoms in total. The minimum Gasteiger partial charge on any atom is -0.494 e. The molecular weight excluding hydrogens is 178 g/mol. The van der Waals surface area contributed by atoms with Crippen molar-refractivity contribution in [2.75, 3.05) is 13.7 Å². The predicted molar refractivity (Wildman–Crippen MR) is 43.9 cm³/mol. The molecule has 13 heavy (non-hydrogen) atoms. The van der Waals surface area contributed by atoms with Gasteiger partial charge in [0.05, 0.1) is 13.7 Å². The molecule has 0 bridgehead atoms. The number of aliphatic hydroxyl groups is 1. The Morgan fingerprint density at radius 3 is 2.77 bits per heavy atom. The van der Waals surface area contributed by atoms with Crippen LogP contribution in [0, 0.1) is 5.82 Å². The lowest BCUT2D eigenvalue weighted by Gasteiger charge is -2.07. The number of hydrogen-bond acceptors (Lipinski definition) is 2. The average molecular weight is 188 g/mol. The zero-order valence-electron chi connectivity index (χ0n) is 7.13. The van der Waals surface area contributed by atoms with Gasteiger partial charge in [-0.05, 0) is 17.7 Å². The van der Waals surface area contributed by atoms with Crippen LogP contribution in [0.3, 0.4) is 0 Å². The number of halogens is 2. The third-order valence-corrected chi connectivity index (χ3v) is 1.70. The van der Waals surface area contributed by atoms with Crippen LogP contribution in [-0.2, 0) is 0 Å². The van der Waals surface area contributed by atoms with E-state index in [0.29, 0.717) is 0 Å². The number of alkyl halides is 1. The van der Waals surface area contributed by atoms with Crippen LogP contribution in [0.25, 0.3) is 0 Å². The van der Waals surface area contributed by atoms with Gasteiger partial charge in [0.1, 0.15) is 6.17 Å². The van der Waals surface area contributed by atoms with Gasteiger partial charge in [0.25, 0.3) is 0 Å². The van der Waals surface area contributed by atoms with E-state index in [1.54, 1.807) is 0 Å². The van der Waals surface area contributed by atoms with Gasteiger partial charge in [-0.25, -0.2) is 8.78 Å². The quantitative estimate of drug-likeness (QED) is 0.784. The largest absolute Gasteiger partial charge is 0.494 e. The molecule has 0 aliphatic rings. The molecule has 0 heterocycles. The van der Waals surface area contributed by atoms with Crippen LogP contribution in [0.2, 0.25) is 0 Å². The predicted octanol–water partition coefficient (Wildman–Crippen LogP) is 1.84. The first-order valence-corrected chi connectivity index (χ1v) is 3.77. The fraction of sp³-hybridized carbons (Fsp3) is 0.333.